The van der Waals surface area contributed by atoms with E-state index in [0.29, 0.717) is 17.6 Å². The van der Waals surface area contributed by atoms with Crippen molar-refractivity contribution in [2.45, 2.75) is 13.3 Å². The lowest BCUT2D eigenvalue weighted by Gasteiger charge is -2.15. The van der Waals surface area contributed by atoms with E-state index in [0.717, 1.165) is 10.9 Å². The van der Waals surface area contributed by atoms with E-state index in [9.17, 15) is 14.7 Å². The number of allylic oxidation sites excluding steroid dienone is 1. The van der Waals surface area contributed by atoms with Gasteiger partial charge in [-0.2, -0.15) is 0 Å². The molecule has 0 saturated heterocycles. The summed E-state index contributed by atoms with van der Waals surface area (Å²) in [6.45, 7) is 1.73. The van der Waals surface area contributed by atoms with Crippen molar-refractivity contribution in [1.82, 2.24) is 5.32 Å². The summed E-state index contributed by atoms with van der Waals surface area (Å²) < 4.78 is 5.29. The summed E-state index contributed by atoms with van der Waals surface area (Å²) in [6.07, 6.45) is 4.28. The zero-order chi connectivity index (χ0) is 16.4. The molecule has 1 atom stereocenters. The molecule has 1 aromatic heterocycles. The lowest BCUT2D eigenvalue weighted by Crippen LogP contribution is -2.20. The average molecular weight is 309 g/mol. The van der Waals surface area contributed by atoms with Gasteiger partial charge in [-0.25, -0.2) is 4.79 Å². The van der Waals surface area contributed by atoms with Crippen molar-refractivity contribution in [1.29, 1.82) is 0 Å². The zero-order valence-electron chi connectivity index (χ0n) is 12.6. The maximum atomic E-state index is 12.2. The predicted octanol–water partition coefficient (Wildman–Crippen LogP) is 1.82. The molecule has 0 saturated carbocycles. The van der Waals surface area contributed by atoms with Crippen molar-refractivity contribution in [3.8, 4) is 17.6 Å². The number of hydrogen-bond donors (Lipinski definition) is 2. The molecule has 1 aliphatic carbocycles. The van der Waals surface area contributed by atoms with Gasteiger partial charge in [-0.1, -0.05) is 24.0 Å². The number of amides is 1. The Kier molecular flexibility index (Phi) is 3.90. The lowest BCUT2D eigenvalue weighted by atomic mass is 9.89. The van der Waals surface area contributed by atoms with Crippen LogP contribution in [-0.4, -0.2) is 17.6 Å². The maximum absolute atomic E-state index is 12.2. The quantitative estimate of drug-likeness (QED) is 0.622. The highest BCUT2D eigenvalue weighted by molar-refractivity contribution is 5.89. The van der Waals surface area contributed by atoms with Crippen LogP contribution in [0, 0.1) is 17.8 Å². The number of benzene rings is 1. The summed E-state index contributed by atoms with van der Waals surface area (Å²) in [5, 5.41) is 12.9. The highest BCUT2D eigenvalue weighted by Crippen LogP contribution is 2.29. The number of carbonyl (C=O) groups is 1. The van der Waals surface area contributed by atoms with Gasteiger partial charge >= 0.3 is 5.63 Å². The van der Waals surface area contributed by atoms with Crippen molar-refractivity contribution in [2.75, 3.05) is 6.54 Å². The normalized spacial score (nSPS) is 15.6. The fourth-order valence-corrected chi connectivity index (χ4v) is 2.59. The molecule has 116 valence electrons. The van der Waals surface area contributed by atoms with Crippen LogP contribution in [0.4, 0.5) is 0 Å². The van der Waals surface area contributed by atoms with Gasteiger partial charge in [0.05, 0.1) is 6.54 Å². The molecule has 2 N–H and O–H groups in total. The Morgan fingerprint density at radius 1 is 1.48 bits per heavy atom. The summed E-state index contributed by atoms with van der Waals surface area (Å²) in [4.78, 5) is 23.0. The maximum Gasteiger partial charge on any atom is 0.340 e. The first-order valence-electron chi connectivity index (χ1n) is 7.24. The SMILES string of the molecule is CC(=O)NCC#CC1C=Cc2c(c(=O)oc3cc(O)ccc23)C1. The summed E-state index contributed by atoms with van der Waals surface area (Å²) in [7, 11) is 0. The highest BCUT2D eigenvalue weighted by atomic mass is 16.4. The topological polar surface area (TPSA) is 79.5 Å². The van der Waals surface area contributed by atoms with Gasteiger partial charge < -0.3 is 14.8 Å². The Labute approximate surface area is 132 Å². The van der Waals surface area contributed by atoms with Gasteiger partial charge in [0, 0.05) is 29.9 Å². The standard InChI is InChI=1S/C18H15NO4/c1-11(20)19-8-2-3-12-4-6-14-15-7-5-13(21)10-17(15)23-18(22)16(14)9-12/h4-7,10,12,21H,8-9H2,1H3,(H,19,20). The molecular weight excluding hydrogens is 294 g/mol. The van der Waals surface area contributed by atoms with Crippen molar-refractivity contribution in [3.05, 3.63) is 45.8 Å². The van der Waals surface area contributed by atoms with Crippen LogP contribution >= 0.6 is 0 Å². The van der Waals surface area contributed by atoms with E-state index in [-0.39, 0.29) is 24.1 Å². The predicted molar refractivity (Wildman–Crippen MR) is 86.8 cm³/mol. The molecule has 2 aromatic rings. The van der Waals surface area contributed by atoms with Crippen LogP contribution in [0.15, 0.2) is 33.5 Å². The van der Waals surface area contributed by atoms with Crippen LogP contribution in [0.3, 0.4) is 0 Å². The van der Waals surface area contributed by atoms with E-state index in [4.69, 9.17) is 4.42 Å². The minimum atomic E-state index is -0.406. The molecule has 1 aliphatic rings. The molecular formula is C18H15NO4. The number of aromatic hydroxyl groups is 1. The number of nitrogens with one attached hydrogen (secondary N) is 1. The molecule has 1 aromatic carbocycles. The van der Waals surface area contributed by atoms with Crippen molar-refractivity contribution >= 4 is 23.0 Å². The number of carbonyl (C=O) groups excluding carboxylic acids is 1. The van der Waals surface area contributed by atoms with Crippen LogP contribution in [0.1, 0.15) is 18.1 Å². The molecule has 1 amide bonds. The molecule has 0 fully saturated rings. The molecule has 0 aliphatic heterocycles. The van der Waals surface area contributed by atoms with Crippen molar-refractivity contribution in [2.24, 2.45) is 5.92 Å². The minimum Gasteiger partial charge on any atom is -0.508 e. The van der Waals surface area contributed by atoms with E-state index in [1.165, 1.54) is 13.0 Å². The first kappa shape index (κ1) is 14.9. The van der Waals surface area contributed by atoms with Gasteiger partial charge in [0.2, 0.25) is 5.91 Å². The smallest absolute Gasteiger partial charge is 0.340 e. The van der Waals surface area contributed by atoms with Crippen LogP contribution < -0.4 is 10.9 Å². The molecule has 1 heterocycles. The van der Waals surface area contributed by atoms with E-state index in [1.807, 2.05) is 12.2 Å². The number of fused-ring (bicyclic) bond motifs is 3. The largest absolute Gasteiger partial charge is 0.508 e. The zero-order valence-corrected chi connectivity index (χ0v) is 12.6. The Morgan fingerprint density at radius 3 is 3.09 bits per heavy atom. The van der Waals surface area contributed by atoms with Gasteiger partial charge in [-0.15, -0.1) is 0 Å². The van der Waals surface area contributed by atoms with Crippen LogP contribution in [0.25, 0.3) is 17.0 Å². The summed E-state index contributed by atoms with van der Waals surface area (Å²) in [5.74, 6) is 5.76. The van der Waals surface area contributed by atoms with Gasteiger partial charge in [0.25, 0.3) is 0 Å². The first-order chi connectivity index (χ1) is 11.0. The third kappa shape index (κ3) is 3.11. The summed E-state index contributed by atoms with van der Waals surface area (Å²) in [6, 6.07) is 4.74. The molecule has 23 heavy (non-hydrogen) atoms. The molecule has 1 unspecified atom stereocenters. The van der Waals surface area contributed by atoms with Crippen molar-refractivity contribution in [3.63, 3.8) is 0 Å². The molecule has 0 radical (unpaired) electrons. The second kappa shape index (κ2) is 6.01. The van der Waals surface area contributed by atoms with Gasteiger partial charge in [-0.3, -0.25) is 4.79 Å². The van der Waals surface area contributed by atoms with Gasteiger partial charge in [0.1, 0.15) is 11.3 Å². The van der Waals surface area contributed by atoms with E-state index in [1.54, 1.807) is 12.1 Å². The molecule has 5 nitrogen and oxygen atoms in total. The second-order valence-corrected chi connectivity index (χ2v) is 5.36. The van der Waals surface area contributed by atoms with Crippen LogP contribution in [-0.2, 0) is 11.2 Å². The van der Waals surface area contributed by atoms with E-state index < -0.39 is 5.63 Å². The van der Waals surface area contributed by atoms with Gasteiger partial charge in [-0.05, 0) is 24.1 Å². The fourth-order valence-electron chi connectivity index (χ4n) is 2.59. The molecule has 0 bridgehead atoms. The third-order valence-corrected chi connectivity index (χ3v) is 3.66. The summed E-state index contributed by atoms with van der Waals surface area (Å²) >= 11 is 0. The first-order valence-corrected chi connectivity index (χ1v) is 7.24. The monoisotopic (exact) mass is 309 g/mol. The molecule has 0 spiro atoms. The number of phenols is 1. The third-order valence-electron chi connectivity index (χ3n) is 3.66. The Balaban J connectivity index is 1.92. The number of hydrogen-bond acceptors (Lipinski definition) is 4. The fraction of sp³-hybridized carbons (Fsp3) is 0.222. The van der Waals surface area contributed by atoms with Gasteiger partial charge in [0.15, 0.2) is 0 Å². The number of phenolic OH excluding ortho intramolecular Hbond substituents is 1. The van der Waals surface area contributed by atoms with E-state index in [2.05, 4.69) is 17.2 Å². The molecule has 3 rings (SSSR count). The Hall–Kier alpha value is -3.00. The second-order valence-electron chi connectivity index (χ2n) is 5.36. The van der Waals surface area contributed by atoms with Crippen molar-refractivity contribution < 1.29 is 14.3 Å². The number of rotatable bonds is 1. The van der Waals surface area contributed by atoms with Crippen LogP contribution in [0.5, 0.6) is 5.75 Å². The highest BCUT2D eigenvalue weighted by Gasteiger charge is 2.19. The Bertz CT molecular complexity index is 928. The summed E-state index contributed by atoms with van der Waals surface area (Å²) in [5.41, 5.74) is 1.37. The minimum absolute atomic E-state index is 0.0575. The van der Waals surface area contributed by atoms with Crippen LogP contribution in [0.2, 0.25) is 0 Å². The van der Waals surface area contributed by atoms with E-state index >= 15 is 0 Å². The Morgan fingerprint density at radius 2 is 2.30 bits per heavy atom. The average Bonchev–Trinajstić information content (AvgIpc) is 2.51. The lowest BCUT2D eigenvalue weighted by molar-refractivity contribution is -0.118. The molecule has 5 heteroatoms.